The molecular formula is C32H34ClN5O4. The molecule has 1 atom stereocenters. The van der Waals surface area contributed by atoms with Gasteiger partial charge in [-0.3, -0.25) is 4.79 Å². The van der Waals surface area contributed by atoms with Crippen molar-refractivity contribution in [2.75, 3.05) is 19.1 Å². The number of anilines is 1. The maximum atomic E-state index is 14.1. The van der Waals surface area contributed by atoms with E-state index in [9.17, 15) is 9.90 Å². The molecule has 1 spiro atoms. The van der Waals surface area contributed by atoms with Crippen LogP contribution < -0.4 is 14.4 Å². The average molecular weight is 588 g/mol. The molecule has 3 aliphatic rings. The van der Waals surface area contributed by atoms with Gasteiger partial charge in [-0.15, -0.1) is 0 Å². The number of fused-ring (bicyclic) bond motifs is 2. The van der Waals surface area contributed by atoms with Crippen molar-refractivity contribution in [2.24, 2.45) is 0 Å². The first kappa shape index (κ1) is 28.1. The number of aromatic nitrogens is 2. The number of benzene rings is 2. The van der Waals surface area contributed by atoms with Crippen molar-refractivity contribution in [1.82, 2.24) is 19.8 Å². The van der Waals surface area contributed by atoms with Crippen LogP contribution in [0.25, 0.3) is 0 Å². The van der Waals surface area contributed by atoms with Crippen LogP contribution in [-0.4, -0.2) is 56.9 Å². The maximum Gasteiger partial charge on any atom is 0.274 e. The summed E-state index contributed by atoms with van der Waals surface area (Å²) < 4.78 is 10.7. The van der Waals surface area contributed by atoms with Crippen LogP contribution in [0.3, 0.4) is 0 Å². The van der Waals surface area contributed by atoms with E-state index < -0.39 is 11.9 Å². The number of hydrogen-bond donors (Lipinski definition) is 1. The van der Waals surface area contributed by atoms with Crippen LogP contribution >= 0.6 is 11.6 Å². The Morgan fingerprint density at radius 3 is 2.21 bits per heavy atom. The molecule has 42 heavy (non-hydrogen) atoms. The molecule has 1 unspecified atom stereocenters. The van der Waals surface area contributed by atoms with Gasteiger partial charge in [0.2, 0.25) is 0 Å². The number of nitrogens with zero attached hydrogens (tertiary/aromatic N) is 5. The second-order valence-corrected chi connectivity index (χ2v) is 11.2. The Balaban J connectivity index is 1.40. The number of aliphatic hydroxyl groups excluding tert-OH is 1. The lowest BCUT2D eigenvalue weighted by molar-refractivity contribution is -0.136. The molecule has 0 bridgehead atoms. The van der Waals surface area contributed by atoms with Gasteiger partial charge in [-0.2, -0.15) is 0 Å². The zero-order valence-corrected chi connectivity index (χ0v) is 24.5. The van der Waals surface area contributed by atoms with Crippen molar-refractivity contribution < 1.29 is 19.4 Å². The minimum absolute atomic E-state index is 0.171. The second-order valence-electron chi connectivity index (χ2n) is 10.8. The summed E-state index contributed by atoms with van der Waals surface area (Å²) >= 11 is 6.97. The van der Waals surface area contributed by atoms with E-state index in [0.717, 1.165) is 54.7 Å². The SMILES string of the molecule is COc1ccc(CN(C2=CC(Cl)=C3C(=O)N(Cc4ccc(OC)cc4)C4(CCCCC4)N3C2O)c2ccncn2)cc1. The summed E-state index contributed by atoms with van der Waals surface area (Å²) in [6.45, 7) is 0.810. The molecule has 1 amide bonds. The van der Waals surface area contributed by atoms with Crippen LogP contribution in [0.5, 0.6) is 11.5 Å². The standard InChI is InChI=1S/C32H34ClN5O4/c1-41-24-10-6-22(7-11-24)19-36(28-14-17-34-21-35-28)27-18-26(33)29-31(40)37(20-23-8-12-25(42-2)13-9-23)32(38(29)30(27)39)15-4-3-5-16-32/h6-14,17-18,21,30,39H,3-5,15-16,19-20H2,1-2H3. The molecule has 1 N–H and O–H groups in total. The number of carbonyl (C=O) groups is 1. The third-order valence-electron chi connectivity index (χ3n) is 8.46. The monoisotopic (exact) mass is 587 g/mol. The highest BCUT2D eigenvalue weighted by Crippen LogP contribution is 2.50. The number of aliphatic hydroxyl groups is 1. The lowest BCUT2D eigenvalue weighted by Crippen LogP contribution is -2.59. The number of ether oxygens (including phenoxy) is 2. The van der Waals surface area contributed by atoms with E-state index in [0.29, 0.717) is 35.3 Å². The highest BCUT2D eigenvalue weighted by atomic mass is 35.5. The molecule has 3 aromatic rings. The number of methoxy groups -OCH3 is 2. The number of rotatable bonds is 8. The molecule has 1 saturated heterocycles. The van der Waals surface area contributed by atoms with E-state index >= 15 is 0 Å². The highest BCUT2D eigenvalue weighted by Gasteiger charge is 2.58. The Hall–Kier alpha value is -4.08. The molecule has 2 aliphatic heterocycles. The van der Waals surface area contributed by atoms with E-state index in [1.807, 2.05) is 63.2 Å². The van der Waals surface area contributed by atoms with Gasteiger partial charge in [0.1, 0.15) is 35.0 Å². The summed E-state index contributed by atoms with van der Waals surface area (Å²) in [5.41, 5.74) is 2.15. The van der Waals surface area contributed by atoms with Gasteiger partial charge < -0.3 is 29.3 Å². The Bertz CT molecular complexity index is 1490. The quantitative estimate of drug-likeness (QED) is 0.386. The number of allylic oxidation sites excluding steroid dienone is 2. The number of carbonyl (C=O) groups excluding carboxylic acids is 1. The van der Waals surface area contributed by atoms with Gasteiger partial charge in [0, 0.05) is 19.3 Å². The van der Waals surface area contributed by atoms with Gasteiger partial charge in [0.05, 0.1) is 24.9 Å². The molecule has 10 heteroatoms. The van der Waals surface area contributed by atoms with E-state index in [1.54, 1.807) is 32.6 Å². The third-order valence-corrected chi connectivity index (χ3v) is 8.75. The van der Waals surface area contributed by atoms with Gasteiger partial charge >= 0.3 is 0 Å². The van der Waals surface area contributed by atoms with E-state index in [-0.39, 0.29) is 5.91 Å². The number of hydrogen-bond acceptors (Lipinski definition) is 8. The van der Waals surface area contributed by atoms with Crippen LogP contribution in [0, 0.1) is 0 Å². The summed E-state index contributed by atoms with van der Waals surface area (Å²) in [5.74, 6) is 1.95. The molecule has 3 heterocycles. The Morgan fingerprint density at radius 2 is 1.62 bits per heavy atom. The molecule has 1 saturated carbocycles. The predicted molar refractivity (Wildman–Crippen MR) is 159 cm³/mol. The highest BCUT2D eigenvalue weighted by molar-refractivity contribution is 6.33. The number of halogens is 1. The smallest absolute Gasteiger partial charge is 0.274 e. The predicted octanol–water partition coefficient (Wildman–Crippen LogP) is 5.17. The Morgan fingerprint density at radius 1 is 0.976 bits per heavy atom. The molecule has 1 aromatic heterocycles. The van der Waals surface area contributed by atoms with Gasteiger partial charge in [-0.1, -0.05) is 42.3 Å². The second kappa shape index (κ2) is 11.7. The lowest BCUT2D eigenvalue weighted by atomic mass is 9.86. The summed E-state index contributed by atoms with van der Waals surface area (Å²) in [7, 11) is 3.27. The molecule has 1 aliphatic carbocycles. The summed E-state index contributed by atoms with van der Waals surface area (Å²) in [6, 6.07) is 17.3. The van der Waals surface area contributed by atoms with Crippen molar-refractivity contribution in [1.29, 1.82) is 0 Å². The molecule has 2 fully saturated rings. The zero-order chi connectivity index (χ0) is 29.3. The van der Waals surface area contributed by atoms with Gasteiger partial charge in [-0.05, 0) is 73.2 Å². The van der Waals surface area contributed by atoms with Gasteiger partial charge in [0.25, 0.3) is 5.91 Å². The topological polar surface area (TPSA) is 91.3 Å². The Kier molecular flexibility index (Phi) is 7.79. The van der Waals surface area contributed by atoms with E-state index in [4.69, 9.17) is 21.1 Å². The van der Waals surface area contributed by atoms with Crippen LogP contribution in [0.4, 0.5) is 5.82 Å². The molecular weight excluding hydrogens is 554 g/mol. The summed E-state index contributed by atoms with van der Waals surface area (Å²) in [4.78, 5) is 28.4. The first-order valence-electron chi connectivity index (χ1n) is 14.2. The van der Waals surface area contributed by atoms with Gasteiger partial charge in [-0.25, -0.2) is 9.97 Å². The molecule has 218 valence electrons. The molecule has 0 radical (unpaired) electrons. The van der Waals surface area contributed by atoms with Crippen LogP contribution in [-0.2, 0) is 17.9 Å². The first-order valence-corrected chi connectivity index (χ1v) is 14.5. The van der Waals surface area contributed by atoms with E-state index in [2.05, 4.69) is 9.97 Å². The molecule has 2 aromatic carbocycles. The Labute approximate surface area is 250 Å². The minimum Gasteiger partial charge on any atom is -0.497 e. The fraction of sp³-hybridized carbons (Fsp3) is 0.344. The van der Waals surface area contributed by atoms with Crippen molar-refractivity contribution in [2.45, 2.75) is 57.1 Å². The lowest BCUT2D eigenvalue weighted by Gasteiger charge is -2.50. The fourth-order valence-corrected chi connectivity index (χ4v) is 6.65. The van der Waals surface area contributed by atoms with Crippen LogP contribution in [0.2, 0.25) is 0 Å². The molecule has 6 rings (SSSR count). The van der Waals surface area contributed by atoms with Crippen molar-refractivity contribution >= 4 is 23.3 Å². The minimum atomic E-state index is -1.13. The van der Waals surface area contributed by atoms with Crippen molar-refractivity contribution in [3.05, 3.63) is 101 Å². The zero-order valence-electron chi connectivity index (χ0n) is 23.7. The van der Waals surface area contributed by atoms with Crippen molar-refractivity contribution in [3.8, 4) is 11.5 Å². The first-order chi connectivity index (χ1) is 20.4. The van der Waals surface area contributed by atoms with Crippen LogP contribution in [0.15, 0.2) is 89.6 Å². The van der Waals surface area contributed by atoms with Crippen LogP contribution in [0.1, 0.15) is 43.2 Å². The van der Waals surface area contributed by atoms with Crippen molar-refractivity contribution in [3.63, 3.8) is 0 Å². The van der Waals surface area contributed by atoms with E-state index in [1.165, 1.54) is 6.33 Å². The third kappa shape index (κ3) is 4.97. The fourth-order valence-electron chi connectivity index (χ4n) is 6.37. The normalized spacial score (nSPS) is 19.6. The largest absolute Gasteiger partial charge is 0.497 e. The number of amides is 1. The maximum absolute atomic E-state index is 14.1. The van der Waals surface area contributed by atoms with Gasteiger partial charge in [0.15, 0.2) is 6.23 Å². The molecule has 9 nitrogen and oxygen atoms in total. The average Bonchev–Trinajstić information content (AvgIpc) is 3.26. The summed E-state index contributed by atoms with van der Waals surface area (Å²) in [5, 5.41) is 12.5. The summed E-state index contributed by atoms with van der Waals surface area (Å²) in [6.07, 6.45) is 8.16.